The van der Waals surface area contributed by atoms with Crippen LogP contribution >= 0.6 is 0 Å². The highest BCUT2D eigenvalue weighted by Crippen LogP contribution is 2.30. The minimum Gasteiger partial charge on any atom is -0.398 e. The quantitative estimate of drug-likeness (QED) is 0.833. The molecule has 1 fully saturated rings. The van der Waals surface area contributed by atoms with Gasteiger partial charge >= 0.3 is 0 Å². The minimum absolute atomic E-state index is 0.0124. The van der Waals surface area contributed by atoms with Crippen molar-refractivity contribution < 1.29 is 8.42 Å². The van der Waals surface area contributed by atoms with E-state index >= 15 is 0 Å². The number of benzene rings is 1. The van der Waals surface area contributed by atoms with Crippen molar-refractivity contribution in [3.8, 4) is 0 Å². The standard InChI is InChI=1S/C14H22N2O2S/c1-9-7-13(8-14(15)10(9)2)19(17,18)16-11(3)12-5-4-6-12/h7-8,11-12,16H,4-6,15H2,1-3H3. The average molecular weight is 282 g/mol. The molecule has 0 amide bonds. The highest BCUT2D eigenvalue weighted by Gasteiger charge is 2.28. The van der Waals surface area contributed by atoms with Gasteiger partial charge in [-0.25, -0.2) is 13.1 Å². The van der Waals surface area contributed by atoms with Crippen LogP contribution in [-0.4, -0.2) is 14.5 Å². The van der Waals surface area contributed by atoms with Crippen LogP contribution in [0.3, 0.4) is 0 Å². The lowest BCUT2D eigenvalue weighted by molar-refractivity contribution is 0.260. The molecule has 1 aliphatic rings. The van der Waals surface area contributed by atoms with Gasteiger partial charge in [0.05, 0.1) is 4.90 Å². The molecule has 3 N–H and O–H groups in total. The second-order valence-electron chi connectivity index (χ2n) is 5.56. The van der Waals surface area contributed by atoms with E-state index in [1.165, 1.54) is 12.5 Å². The molecule has 0 bridgehead atoms. The Bertz CT molecular complexity index is 554. The number of rotatable bonds is 4. The van der Waals surface area contributed by atoms with Gasteiger partial charge in [-0.05, 0) is 62.8 Å². The lowest BCUT2D eigenvalue weighted by Crippen LogP contribution is -2.40. The predicted octanol–water partition coefficient (Wildman–Crippen LogP) is 2.35. The summed E-state index contributed by atoms with van der Waals surface area (Å²) in [7, 11) is -3.47. The van der Waals surface area contributed by atoms with Crippen molar-refractivity contribution in [1.29, 1.82) is 0 Å². The molecule has 1 unspecified atom stereocenters. The summed E-state index contributed by atoms with van der Waals surface area (Å²) in [6.07, 6.45) is 3.42. The van der Waals surface area contributed by atoms with Crippen LogP contribution in [0.4, 0.5) is 5.69 Å². The summed E-state index contributed by atoms with van der Waals surface area (Å²) in [5.74, 6) is 0.471. The van der Waals surface area contributed by atoms with Crippen LogP contribution in [0.25, 0.3) is 0 Å². The summed E-state index contributed by atoms with van der Waals surface area (Å²) in [4.78, 5) is 0.263. The Labute approximate surface area is 115 Å². The van der Waals surface area contributed by atoms with E-state index in [9.17, 15) is 8.42 Å². The molecule has 4 nitrogen and oxygen atoms in total. The van der Waals surface area contributed by atoms with Gasteiger partial charge in [0.25, 0.3) is 0 Å². The van der Waals surface area contributed by atoms with Gasteiger partial charge in [0.15, 0.2) is 0 Å². The summed E-state index contributed by atoms with van der Waals surface area (Å²) in [6, 6.07) is 3.21. The fourth-order valence-corrected chi connectivity index (χ4v) is 3.79. The summed E-state index contributed by atoms with van der Waals surface area (Å²) < 4.78 is 27.4. The highest BCUT2D eigenvalue weighted by molar-refractivity contribution is 7.89. The molecule has 5 heteroatoms. The monoisotopic (exact) mass is 282 g/mol. The molecule has 1 atom stereocenters. The highest BCUT2D eigenvalue weighted by atomic mass is 32.2. The Morgan fingerprint density at radius 2 is 1.95 bits per heavy atom. The van der Waals surface area contributed by atoms with Gasteiger partial charge in [-0.3, -0.25) is 0 Å². The van der Waals surface area contributed by atoms with Crippen LogP contribution in [0.5, 0.6) is 0 Å². The van der Waals surface area contributed by atoms with Crippen LogP contribution in [0.2, 0.25) is 0 Å². The molecule has 0 saturated heterocycles. The maximum Gasteiger partial charge on any atom is 0.240 e. The Morgan fingerprint density at radius 1 is 1.32 bits per heavy atom. The lowest BCUT2D eigenvalue weighted by Gasteiger charge is -2.31. The zero-order valence-corrected chi connectivity index (χ0v) is 12.5. The molecule has 0 radical (unpaired) electrons. The Kier molecular flexibility index (Phi) is 3.87. The molecule has 2 rings (SSSR count). The minimum atomic E-state index is -3.47. The largest absolute Gasteiger partial charge is 0.398 e. The third-order valence-corrected chi connectivity index (χ3v) is 5.73. The van der Waals surface area contributed by atoms with E-state index in [-0.39, 0.29) is 10.9 Å². The molecular formula is C14H22N2O2S. The van der Waals surface area contributed by atoms with Crippen LogP contribution in [0, 0.1) is 19.8 Å². The molecule has 0 heterocycles. The number of sulfonamides is 1. The number of anilines is 1. The molecule has 0 spiro atoms. The first-order valence-corrected chi connectivity index (χ1v) is 8.18. The average Bonchev–Trinajstić information content (AvgIpc) is 2.21. The molecule has 1 aromatic carbocycles. The van der Waals surface area contributed by atoms with Gasteiger partial charge in [0.1, 0.15) is 0 Å². The van der Waals surface area contributed by atoms with Gasteiger partial charge in [-0.2, -0.15) is 0 Å². The molecular weight excluding hydrogens is 260 g/mol. The number of nitrogens with two attached hydrogens (primary N) is 1. The number of nitrogens with one attached hydrogen (secondary N) is 1. The first kappa shape index (κ1) is 14.3. The first-order chi connectivity index (χ1) is 8.81. The van der Waals surface area contributed by atoms with Crippen molar-refractivity contribution in [3.05, 3.63) is 23.3 Å². The molecule has 1 aromatic rings. The van der Waals surface area contributed by atoms with Crippen molar-refractivity contribution in [2.75, 3.05) is 5.73 Å². The summed E-state index contributed by atoms with van der Waals surface area (Å²) in [6.45, 7) is 5.71. The van der Waals surface area contributed by atoms with Crippen molar-refractivity contribution in [2.45, 2.75) is 51.0 Å². The van der Waals surface area contributed by atoms with Gasteiger partial charge in [-0.15, -0.1) is 0 Å². The third kappa shape index (κ3) is 2.92. The number of hydrogen-bond donors (Lipinski definition) is 2. The zero-order chi connectivity index (χ0) is 14.2. The van der Waals surface area contributed by atoms with Gasteiger partial charge in [0.2, 0.25) is 10.0 Å². The van der Waals surface area contributed by atoms with Gasteiger partial charge in [0, 0.05) is 11.7 Å². The van der Waals surface area contributed by atoms with E-state index in [0.29, 0.717) is 11.6 Å². The van der Waals surface area contributed by atoms with E-state index in [0.717, 1.165) is 24.0 Å². The van der Waals surface area contributed by atoms with Crippen molar-refractivity contribution >= 4 is 15.7 Å². The zero-order valence-electron chi connectivity index (χ0n) is 11.7. The predicted molar refractivity (Wildman–Crippen MR) is 77.5 cm³/mol. The first-order valence-electron chi connectivity index (χ1n) is 6.70. The second-order valence-corrected chi connectivity index (χ2v) is 7.27. The van der Waals surface area contributed by atoms with Crippen molar-refractivity contribution in [2.24, 2.45) is 5.92 Å². The summed E-state index contributed by atoms with van der Waals surface area (Å²) >= 11 is 0. The van der Waals surface area contributed by atoms with Crippen LogP contribution in [0.1, 0.15) is 37.3 Å². The van der Waals surface area contributed by atoms with Crippen molar-refractivity contribution in [1.82, 2.24) is 4.72 Å². The molecule has 19 heavy (non-hydrogen) atoms. The fraction of sp³-hybridized carbons (Fsp3) is 0.571. The van der Waals surface area contributed by atoms with Crippen LogP contribution in [0.15, 0.2) is 17.0 Å². The van der Waals surface area contributed by atoms with E-state index in [4.69, 9.17) is 5.73 Å². The number of aryl methyl sites for hydroxylation is 1. The lowest BCUT2D eigenvalue weighted by atomic mass is 9.81. The van der Waals surface area contributed by atoms with Crippen LogP contribution < -0.4 is 10.5 Å². The van der Waals surface area contributed by atoms with Crippen LogP contribution in [-0.2, 0) is 10.0 Å². The summed E-state index contributed by atoms with van der Waals surface area (Å²) in [5, 5.41) is 0. The van der Waals surface area contributed by atoms with Crippen molar-refractivity contribution in [3.63, 3.8) is 0 Å². The number of hydrogen-bond acceptors (Lipinski definition) is 3. The molecule has 106 valence electrons. The Hall–Kier alpha value is -1.07. The fourth-order valence-electron chi connectivity index (χ4n) is 2.36. The van der Waals surface area contributed by atoms with Gasteiger partial charge < -0.3 is 5.73 Å². The van der Waals surface area contributed by atoms with E-state index in [1.807, 2.05) is 20.8 Å². The molecule has 0 aliphatic heterocycles. The van der Waals surface area contributed by atoms with E-state index in [1.54, 1.807) is 6.07 Å². The third-order valence-electron chi connectivity index (χ3n) is 4.19. The second kappa shape index (κ2) is 5.13. The smallest absolute Gasteiger partial charge is 0.240 e. The van der Waals surface area contributed by atoms with E-state index < -0.39 is 10.0 Å². The maximum atomic E-state index is 12.3. The Balaban J connectivity index is 2.24. The topological polar surface area (TPSA) is 72.2 Å². The maximum absolute atomic E-state index is 12.3. The van der Waals surface area contributed by atoms with Gasteiger partial charge in [-0.1, -0.05) is 6.42 Å². The molecule has 1 saturated carbocycles. The SMILES string of the molecule is Cc1cc(S(=O)(=O)NC(C)C2CCC2)cc(N)c1C. The number of nitrogen functional groups attached to an aromatic ring is 1. The molecule has 0 aromatic heterocycles. The summed E-state index contributed by atoms with van der Waals surface area (Å²) in [5.41, 5.74) is 8.21. The van der Waals surface area contributed by atoms with E-state index in [2.05, 4.69) is 4.72 Å². The normalized spacial score (nSPS) is 18.1. The molecule has 1 aliphatic carbocycles. The Morgan fingerprint density at radius 3 is 2.42 bits per heavy atom.